The van der Waals surface area contributed by atoms with Crippen molar-refractivity contribution in [1.29, 1.82) is 0 Å². The van der Waals surface area contributed by atoms with Gasteiger partial charge in [0.25, 0.3) is 0 Å². The molecule has 2 aromatic rings. The molecule has 1 aromatic carbocycles. The van der Waals surface area contributed by atoms with Gasteiger partial charge in [0, 0.05) is 24.9 Å². The van der Waals surface area contributed by atoms with E-state index in [1.165, 1.54) is 0 Å². The summed E-state index contributed by atoms with van der Waals surface area (Å²) in [5, 5.41) is 6.92. The van der Waals surface area contributed by atoms with Gasteiger partial charge in [0.2, 0.25) is 0 Å². The zero-order valence-electron chi connectivity index (χ0n) is 12.2. The number of methoxy groups -OCH3 is 1. The van der Waals surface area contributed by atoms with Gasteiger partial charge in [-0.15, -0.1) is 0 Å². The molecule has 0 aliphatic carbocycles. The number of hydrogen-bond donors (Lipinski definition) is 2. The van der Waals surface area contributed by atoms with E-state index in [4.69, 9.17) is 17.0 Å². The molecule has 0 aliphatic rings. The maximum atomic E-state index is 5.32. The number of pyridine rings is 1. The van der Waals surface area contributed by atoms with E-state index in [9.17, 15) is 0 Å². The minimum absolute atomic E-state index is 0.579. The van der Waals surface area contributed by atoms with E-state index in [0.29, 0.717) is 5.11 Å². The Kier molecular flexibility index (Phi) is 5.51. The molecule has 0 spiro atoms. The quantitative estimate of drug-likeness (QED) is 0.832. The lowest BCUT2D eigenvalue weighted by Crippen LogP contribution is -2.30. The van der Waals surface area contributed by atoms with Crippen molar-refractivity contribution in [3.63, 3.8) is 0 Å². The molecule has 2 rings (SSSR count). The van der Waals surface area contributed by atoms with Gasteiger partial charge in [0.15, 0.2) is 5.11 Å². The van der Waals surface area contributed by atoms with Crippen molar-refractivity contribution in [3.8, 4) is 5.75 Å². The molecule has 2 N–H and O–H groups in total. The highest BCUT2D eigenvalue weighted by atomic mass is 32.1. The van der Waals surface area contributed by atoms with Crippen LogP contribution in [0.1, 0.15) is 11.3 Å². The number of hydrogen-bond acceptors (Lipinski definition) is 3. The fourth-order valence-corrected chi connectivity index (χ4v) is 2.15. The molecular formula is C16H19N3OS. The number of thiocarbonyl (C=S) groups is 1. The van der Waals surface area contributed by atoms with Gasteiger partial charge in [-0.25, -0.2) is 0 Å². The van der Waals surface area contributed by atoms with E-state index < -0.39 is 0 Å². The molecule has 0 atom stereocenters. The Morgan fingerprint density at radius 1 is 1.29 bits per heavy atom. The monoisotopic (exact) mass is 301 g/mol. The van der Waals surface area contributed by atoms with Crippen molar-refractivity contribution in [2.75, 3.05) is 19.0 Å². The maximum absolute atomic E-state index is 5.32. The first-order valence-corrected chi connectivity index (χ1v) is 7.19. The number of anilines is 1. The molecule has 110 valence electrons. The topological polar surface area (TPSA) is 46.2 Å². The van der Waals surface area contributed by atoms with Crippen LogP contribution in [0.5, 0.6) is 5.75 Å². The molecule has 1 aromatic heterocycles. The molecule has 4 nitrogen and oxygen atoms in total. The van der Waals surface area contributed by atoms with Gasteiger partial charge in [0.1, 0.15) is 5.75 Å². The lowest BCUT2D eigenvalue weighted by molar-refractivity contribution is 0.417. The average Bonchev–Trinajstić information content (AvgIpc) is 2.48. The van der Waals surface area contributed by atoms with Crippen LogP contribution < -0.4 is 15.4 Å². The third-order valence-corrected chi connectivity index (χ3v) is 3.24. The van der Waals surface area contributed by atoms with E-state index in [1.807, 2.05) is 43.3 Å². The van der Waals surface area contributed by atoms with Gasteiger partial charge in [-0.05, 0) is 49.0 Å². The minimum atomic E-state index is 0.579. The fraction of sp³-hybridized carbons (Fsp3) is 0.250. The van der Waals surface area contributed by atoms with Gasteiger partial charge >= 0.3 is 0 Å². The summed E-state index contributed by atoms with van der Waals surface area (Å²) in [6.07, 6.45) is 2.62. The Bertz CT molecular complexity index is 602. The molecule has 0 radical (unpaired) electrons. The van der Waals surface area contributed by atoms with Gasteiger partial charge in [0.05, 0.1) is 12.8 Å². The molecular weight excluding hydrogens is 282 g/mol. The summed E-state index contributed by atoms with van der Waals surface area (Å²) in [5.41, 5.74) is 3.06. The highest BCUT2D eigenvalue weighted by Crippen LogP contribution is 2.24. The zero-order valence-corrected chi connectivity index (χ0v) is 13.0. The maximum Gasteiger partial charge on any atom is 0.170 e. The predicted octanol–water partition coefficient (Wildman–Crippen LogP) is 2.93. The zero-order chi connectivity index (χ0) is 15.1. The lowest BCUT2D eigenvalue weighted by Gasteiger charge is -2.14. The molecule has 5 heteroatoms. The van der Waals surface area contributed by atoms with Crippen LogP contribution in [-0.2, 0) is 6.42 Å². The van der Waals surface area contributed by atoms with Crippen molar-refractivity contribution < 1.29 is 4.74 Å². The molecule has 0 fully saturated rings. The van der Waals surface area contributed by atoms with E-state index in [-0.39, 0.29) is 0 Å². The third kappa shape index (κ3) is 4.72. The summed E-state index contributed by atoms with van der Waals surface area (Å²) in [4.78, 5) is 4.27. The van der Waals surface area contributed by atoms with Crippen molar-refractivity contribution in [2.24, 2.45) is 0 Å². The Morgan fingerprint density at radius 3 is 2.86 bits per heavy atom. The molecule has 0 unspecified atom stereocenters. The molecule has 0 amide bonds. The van der Waals surface area contributed by atoms with Crippen molar-refractivity contribution >= 4 is 23.0 Å². The normalized spacial score (nSPS) is 10.0. The van der Waals surface area contributed by atoms with Crippen LogP contribution >= 0.6 is 12.2 Å². The number of nitrogens with one attached hydrogen (secondary N) is 2. The van der Waals surface area contributed by atoms with E-state index >= 15 is 0 Å². The van der Waals surface area contributed by atoms with Crippen LogP contribution in [0.2, 0.25) is 0 Å². The summed E-state index contributed by atoms with van der Waals surface area (Å²) in [6, 6.07) is 11.8. The Morgan fingerprint density at radius 2 is 2.14 bits per heavy atom. The second-order valence-electron chi connectivity index (χ2n) is 4.66. The Hall–Kier alpha value is -2.14. The molecule has 0 saturated carbocycles. The van der Waals surface area contributed by atoms with Crippen LogP contribution in [0, 0.1) is 6.92 Å². The van der Waals surface area contributed by atoms with Crippen molar-refractivity contribution in [1.82, 2.24) is 10.3 Å². The Balaban J connectivity index is 1.86. The van der Waals surface area contributed by atoms with Gasteiger partial charge in [-0.2, -0.15) is 0 Å². The molecule has 0 aliphatic heterocycles. The van der Waals surface area contributed by atoms with Crippen LogP contribution in [0.15, 0.2) is 42.6 Å². The average molecular weight is 301 g/mol. The lowest BCUT2D eigenvalue weighted by atomic mass is 10.2. The van der Waals surface area contributed by atoms with Gasteiger partial charge < -0.3 is 15.4 Å². The van der Waals surface area contributed by atoms with Crippen LogP contribution in [0.4, 0.5) is 5.69 Å². The number of rotatable bonds is 5. The smallest absolute Gasteiger partial charge is 0.170 e. The van der Waals surface area contributed by atoms with E-state index in [0.717, 1.165) is 35.7 Å². The predicted molar refractivity (Wildman–Crippen MR) is 89.9 cm³/mol. The first kappa shape index (κ1) is 15.3. The highest BCUT2D eigenvalue weighted by molar-refractivity contribution is 7.80. The molecule has 1 heterocycles. The number of benzene rings is 1. The second kappa shape index (κ2) is 7.59. The standard InChI is InChI=1S/C16H19N3OS/c1-12-6-7-15(20-2)14(11-12)19-16(21)18-10-8-13-5-3-4-9-17-13/h3-7,9,11H,8,10H2,1-2H3,(H2,18,19,21). The van der Waals surface area contributed by atoms with Gasteiger partial charge in [-0.1, -0.05) is 12.1 Å². The number of ether oxygens (including phenoxy) is 1. The summed E-state index contributed by atoms with van der Waals surface area (Å²) in [5.74, 6) is 0.773. The summed E-state index contributed by atoms with van der Waals surface area (Å²) in [7, 11) is 1.65. The molecule has 0 bridgehead atoms. The van der Waals surface area contributed by atoms with Crippen LogP contribution in [-0.4, -0.2) is 23.8 Å². The van der Waals surface area contributed by atoms with Crippen molar-refractivity contribution in [2.45, 2.75) is 13.3 Å². The van der Waals surface area contributed by atoms with Crippen LogP contribution in [0.3, 0.4) is 0 Å². The SMILES string of the molecule is COc1ccc(C)cc1NC(=S)NCCc1ccccn1. The largest absolute Gasteiger partial charge is 0.495 e. The fourth-order valence-electron chi connectivity index (χ4n) is 1.94. The van der Waals surface area contributed by atoms with E-state index in [1.54, 1.807) is 13.3 Å². The molecule has 0 saturated heterocycles. The first-order valence-electron chi connectivity index (χ1n) is 6.78. The summed E-state index contributed by atoms with van der Waals surface area (Å²) >= 11 is 5.30. The van der Waals surface area contributed by atoms with Gasteiger partial charge in [-0.3, -0.25) is 4.98 Å². The summed E-state index contributed by atoms with van der Waals surface area (Å²) < 4.78 is 5.32. The van der Waals surface area contributed by atoms with Crippen LogP contribution in [0.25, 0.3) is 0 Å². The Labute approximate surface area is 130 Å². The third-order valence-electron chi connectivity index (χ3n) is 3.00. The highest BCUT2D eigenvalue weighted by Gasteiger charge is 2.05. The molecule has 21 heavy (non-hydrogen) atoms. The number of nitrogens with zero attached hydrogens (tertiary/aromatic N) is 1. The van der Waals surface area contributed by atoms with Crippen molar-refractivity contribution in [3.05, 3.63) is 53.9 Å². The second-order valence-corrected chi connectivity index (χ2v) is 5.06. The first-order chi connectivity index (χ1) is 10.2. The van der Waals surface area contributed by atoms with E-state index in [2.05, 4.69) is 15.6 Å². The summed E-state index contributed by atoms with van der Waals surface area (Å²) in [6.45, 7) is 2.76. The number of aryl methyl sites for hydroxylation is 1. The minimum Gasteiger partial charge on any atom is -0.495 e. The number of aromatic nitrogens is 1.